The van der Waals surface area contributed by atoms with Crippen LogP contribution in [-0.4, -0.2) is 52.5 Å². The average Bonchev–Trinajstić information content (AvgIpc) is 2.93. The molecule has 2 aromatic rings. The van der Waals surface area contributed by atoms with Crippen LogP contribution in [-0.2, 0) is 7.05 Å². The van der Waals surface area contributed by atoms with Crippen LogP contribution in [0, 0.1) is 6.92 Å². The quantitative estimate of drug-likeness (QED) is 0.903. The minimum Gasteiger partial charge on any atom is -0.496 e. The molecule has 8 heteroatoms. The number of carbonyl (C=O) groups is 1. The summed E-state index contributed by atoms with van der Waals surface area (Å²) in [7, 11) is 3.43. The first-order valence-electron chi connectivity index (χ1n) is 7.64. The minimum absolute atomic E-state index is 0. The Morgan fingerprint density at radius 1 is 1.38 bits per heavy atom. The zero-order valence-corrected chi connectivity index (χ0v) is 14.8. The van der Waals surface area contributed by atoms with Gasteiger partial charge in [0.1, 0.15) is 5.75 Å². The first-order chi connectivity index (χ1) is 11.1. The molecule has 1 atom stereocenters. The second-order valence-electron chi connectivity index (χ2n) is 5.61. The maximum Gasteiger partial charge on any atom is 0.276 e. The summed E-state index contributed by atoms with van der Waals surface area (Å²) in [6, 6.07) is 7.72. The van der Waals surface area contributed by atoms with Gasteiger partial charge in [0.2, 0.25) is 0 Å². The lowest BCUT2D eigenvalue weighted by molar-refractivity contribution is 0.0624. The summed E-state index contributed by atoms with van der Waals surface area (Å²) >= 11 is 0. The zero-order chi connectivity index (χ0) is 16.4. The molecule has 1 aromatic carbocycles. The van der Waals surface area contributed by atoms with Gasteiger partial charge < -0.3 is 15.0 Å². The highest BCUT2D eigenvalue weighted by Gasteiger charge is 2.32. The largest absolute Gasteiger partial charge is 0.496 e. The van der Waals surface area contributed by atoms with Gasteiger partial charge in [0.15, 0.2) is 5.69 Å². The molecule has 1 fully saturated rings. The molecule has 2 heterocycles. The Hall–Kier alpha value is -2.12. The van der Waals surface area contributed by atoms with Gasteiger partial charge in [-0.15, -0.1) is 17.5 Å². The number of aryl methyl sites for hydroxylation is 1. The third kappa shape index (κ3) is 3.22. The Labute approximate surface area is 147 Å². The van der Waals surface area contributed by atoms with E-state index in [1.807, 2.05) is 36.1 Å². The van der Waals surface area contributed by atoms with Crippen LogP contribution in [0.3, 0.4) is 0 Å². The molecule has 0 saturated carbocycles. The van der Waals surface area contributed by atoms with Gasteiger partial charge in [0.25, 0.3) is 5.91 Å². The normalized spacial score (nSPS) is 17.3. The zero-order valence-electron chi connectivity index (χ0n) is 14.0. The van der Waals surface area contributed by atoms with Crippen LogP contribution < -0.4 is 10.1 Å². The minimum atomic E-state index is -0.0898. The fraction of sp³-hybridized carbons (Fsp3) is 0.438. The highest BCUT2D eigenvalue weighted by Crippen LogP contribution is 2.31. The molecule has 1 aromatic heterocycles. The second kappa shape index (κ2) is 7.63. The average molecular weight is 352 g/mol. The fourth-order valence-corrected chi connectivity index (χ4v) is 2.91. The van der Waals surface area contributed by atoms with Crippen molar-refractivity contribution in [2.45, 2.75) is 13.0 Å². The Bertz CT molecular complexity index is 718. The van der Waals surface area contributed by atoms with E-state index in [1.54, 1.807) is 18.8 Å². The molecular weight excluding hydrogens is 330 g/mol. The third-order valence-corrected chi connectivity index (χ3v) is 4.31. The van der Waals surface area contributed by atoms with Crippen LogP contribution in [0.25, 0.3) is 0 Å². The number of carbonyl (C=O) groups excluding carboxylic acids is 1. The van der Waals surface area contributed by atoms with E-state index >= 15 is 0 Å². The molecule has 7 nitrogen and oxygen atoms in total. The number of benzene rings is 1. The van der Waals surface area contributed by atoms with Crippen molar-refractivity contribution in [3.05, 3.63) is 41.2 Å². The summed E-state index contributed by atoms with van der Waals surface area (Å²) in [6.07, 6.45) is 0. The standard InChI is InChI=1S/C16H21N5O2.ClH/c1-11-15(18-19-20(11)2)16(22)21-9-8-17-10-13(21)12-6-4-5-7-14(12)23-3;/h4-7,13,17H,8-10H2,1-3H3;1H. The maximum absolute atomic E-state index is 13.0. The lowest BCUT2D eigenvalue weighted by Gasteiger charge is -2.36. The number of ether oxygens (including phenoxy) is 1. The van der Waals surface area contributed by atoms with E-state index in [0.29, 0.717) is 18.8 Å². The van der Waals surface area contributed by atoms with E-state index in [9.17, 15) is 4.79 Å². The molecule has 24 heavy (non-hydrogen) atoms. The van der Waals surface area contributed by atoms with Crippen molar-refractivity contribution in [1.82, 2.24) is 25.2 Å². The van der Waals surface area contributed by atoms with Gasteiger partial charge in [-0.1, -0.05) is 23.4 Å². The molecule has 1 N–H and O–H groups in total. The molecule has 0 bridgehead atoms. The van der Waals surface area contributed by atoms with Crippen LogP contribution in [0.2, 0.25) is 0 Å². The molecule has 3 rings (SSSR count). The topological polar surface area (TPSA) is 72.3 Å². The van der Waals surface area contributed by atoms with Crippen molar-refractivity contribution in [2.75, 3.05) is 26.7 Å². The third-order valence-electron chi connectivity index (χ3n) is 4.31. The van der Waals surface area contributed by atoms with Gasteiger partial charge in [0.05, 0.1) is 18.8 Å². The van der Waals surface area contributed by atoms with Crippen LogP contribution in [0.1, 0.15) is 27.8 Å². The Kier molecular flexibility index (Phi) is 5.80. The number of amides is 1. The van der Waals surface area contributed by atoms with Crippen molar-refractivity contribution in [3.8, 4) is 5.75 Å². The van der Waals surface area contributed by atoms with Gasteiger partial charge in [-0.2, -0.15) is 0 Å². The van der Waals surface area contributed by atoms with Gasteiger partial charge in [-0.3, -0.25) is 9.48 Å². The van der Waals surface area contributed by atoms with Crippen molar-refractivity contribution in [2.24, 2.45) is 7.05 Å². The highest BCUT2D eigenvalue weighted by atomic mass is 35.5. The molecule has 130 valence electrons. The van der Waals surface area contributed by atoms with Gasteiger partial charge in [-0.05, 0) is 13.0 Å². The number of rotatable bonds is 3. The summed E-state index contributed by atoms with van der Waals surface area (Å²) in [5.74, 6) is 0.697. The Morgan fingerprint density at radius 3 is 2.79 bits per heavy atom. The van der Waals surface area contributed by atoms with Gasteiger partial charge in [0, 0.05) is 32.2 Å². The fourth-order valence-electron chi connectivity index (χ4n) is 2.91. The molecule has 0 aliphatic carbocycles. The van der Waals surface area contributed by atoms with Crippen LogP contribution >= 0.6 is 12.4 Å². The number of nitrogens with one attached hydrogen (secondary N) is 1. The first-order valence-corrected chi connectivity index (χ1v) is 7.64. The number of aromatic nitrogens is 3. The SMILES string of the molecule is COc1ccccc1C1CNCCN1C(=O)c1nnn(C)c1C.Cl. The molecular formula is C16H22ClN5O2. The molecule has 0 radical (unpaired) electrons. The second-order valence-corrected chi connectivity index (χ2v) is 5.61. The molecule has 0 spiro atoms. The highest BCUT2D eigenvalue weighted by molar-refractivity contribution is 5.93. The molecule has 1 unspecified atom stereocenters. The monoisotopic (exact) mass is 351 g/mol. The Balaban J connectivity index is 0.00000208. The number of nitrogens with zero attached hydrogens (tertiary/aromatic N) is 4. The van der Waals surface area contributed by atoms with Crippen LogP contribution in [0.5, 0.6) is 5.75 Å². The van der Waals surface area contributed by atoms with Crippen molar-refractivity contribution < 1.29 is 9.53 Å². The predicted molar refractivity (Wildman–Crippen MR) is 92.6 cm³/mol. The lowest BCUT2D eigenvalue weighted by Crippen LogP contribution is -2.49. The summed E-state index contributed by atoms with van der Waals surface area (Å²) in [6.45, 7) is 3.92. The van der Waals surface area contributed by atoms with Gasteiger partial charge >= 0.3 is 0 Å². The number of hydrogen-bond acceptors (Lipinski definition) is 5. The van der Waals surface area contributed by atoms with E-state index in [1.165, 1.54) is 0 Å². The van der Waals surface area contributed by atoms with Crippen molar-refractivity contribution in [1.29, 1.82) is 0 Å². The maximum atomic E-state index is 13.0. The van der Waals surface area contributed by atoms with E-state index in [2.05, 4.69) is 15.6 Å². The summed E-state index contributed by atoms with van der Waals surface area (Å²) < 4.78 is 7.08. The number of piperazine rings is 1. The number of methoxy groups -OCH3 is 1. The number of hydrogen-bond donors (Lipinski definition) is 1. The van der Waals surface area contributed by atoms with E-state index < -0.39 is 0 Å². The van der Waals surface area contributed by atoms with Crippen LogP contribution in [0.15, 0.2) is 24.3 Å². The molecule has 1 amide bonds. The lowest BCUT2D eigenvalue weighted by atomic mass is 10.0. The van der Waals surface area contributed by atoms with Crippen LogP contribution in [0.4, 0.5) is 0 Å². The van der Waals surface area contributed by atoms with E-state index in [0.717, 1.165) is 23.6 Å². The Morgan fingerprint density at radius 2 is 2.12 bits per heavy atom. The summed E-state index contributed by atoms with van der Waals surface area (Å²) in [4.78, 5) is 14.8. The van der Waals surface area contributed by atoms with Gasteiger partial charge in [-0.25, -0.2) is 0 Å². The predicted octanol–water partition coefficient (Wildman–Crippen LogP) is 1.34. The summed E-state index contributed by atoms with van der Waals surface area (Å²) in [5.41, 5.74) is 2.18. The van der Waals surface area contributed by atoms with Crippen molar-refractivity contribution >= 4 is 18.3 Å². The van der Waals surface area contributed by atoms with E-state index in [4.69, 9.17) is 4.74 Å². The summed E-state index contributed by atoms with van der Waals surface area (Å²) in [5, 5.41) is 11.3. The van der Waals surface area contributed by atoms with Crippen molar-refractivity contribution in [3.63, 3.8) is 0 Å². The first kappa shape index (κ1) is 18.2. The molecule has 1 aliphatic heterocycles. The number of halogens is 1. The molecule has 1 saturated heterocycles. The smallest absolute Gasteiger partial charge is 0.276 e. The number of para-hydroxylation sites is 1. The van der Waals surface area contributed by atoms with E-state index in [-0.39, 0.29) is 24.4 Å². The molecule has 1 aliphatic rings.